The molecule has 0 amide bonds. The van der Waals surface area contributed by atoms with Crippen molar-refractivity contribution in [2.75, 3.05) is 46.9 Å². The molecule has 6 nitrogen and oxygen atoms in total. The second-order valence-electron chi connectivity index (χ2n) is 8.06. The van der Waals surface area contributed by atoms with Crippen LogP contribution < -0.4 is 15.4 Å². The van der Waals surface area contributed by atoms with Gasteiger partial charge in [0.1, 0.15) is 5.75 Å². The monoisotopic (exact) mass is 516 g/mol. The summed E-state index contributed by atoms with van der Waals surface area (Å²) in [6.07, 6.45) is 6.07. The van der Waals surface area contributed by atoms with E-state index in [0.29, 0.717) is 0 Å². The van der Waals surface area contributed by atoms with Gasteiger partial charge in [-0.25, -0.2) is 0 Å². The van der Waals surface area contributed by atoms with Crippen LogP contribution in [0.15, 0.2) is 29.3 Å². The summed E-state index contributed by atoms with van der Waals surface area (Å²) < 4.78 is 11.5. The maximum atomic E-state index is 5.89. The van der Waals surface area contributed by atoms with Gasteiger partial charge >= 0.3 is 0 Å². The molecule has 2 N–H and O–H groups in total. The molecular formula is C22H37IN4O2. The summed E-state index contributed by atoms with van der Waals surface area (Å²) in [6, 6.07) is 8.63. The highest BCUT2D eigenvalue weighted by Crippen LogP contribution is 2.31. The molecule has 0 spiro atoms. The first-order valence-corrected chi connectivity index (χ1v) is 10.6. The molecule has 1 aromatic rings. The lowest BCUT2D eigenvalue weighted by Crippen LogP contribution is -2.48. The van der Waals surface area contributed by atoms with Crippen molar-refractivity contribution in [1.29, 1.82) is 0 Å². The molecule has 0 aliphatic carbocycles. The first-order valence-electron chi connectivity index (χ1n) is 10.6. The van der Waals surface area contributed by atoms with Crippen LogP contribution >= 0.6 is 24.0 Å². The number of hydrogen-bond acceptors (Lipinski definition) is 4. The number of hydrogen-bond donors (Lipinski definition) is 2. The van der Waals surface area contributed by atoms with Crippen molar-refractivity contribution in [3.05, 3.63) is 29.8 Å². The zero-order valence-electron chi connectivity index (χ0n) is 18.1. The van der Waals surface area contributed by atoms with Crippen molar-refractivity contribution in [3.8, 4) is 5.75 Å². The summed E-state index contributed by atoms with van der Waals surface area (Å²) in [5.41, 5.74) is 1.15. The molecule has 2 heterocycles. The van der Waals surface area contributed by atoms with E-state index in [0.717, 1.165) is 57.3 Å². The largest absolute Gasteiger partial charge is 0.496 e. The van der Waals surface area contributed by atoms with Gasteiger partial charge in [-0.2, -0.15) is 0 Å². The highest BCUT2D eigenvalue weighted by Gasteiger charge is 2.30. The number of benzene rings is 1. The number of guanidine groups is 1. The number of methoxy groups -OCH3 is 1. The fraction of sp³-hybridized carbons (Fsp3) is 0.682. The van der Waals surface area contributed by atoms with Crippen molar-refractivity contribution in [3.63, 3.8) is 0 Å². The van der Waals surface area contributed by atoms with Crippen molar-refractivity contribution >= 4 is 29.9 Å². The van der Waals surface area contributed by atoms with E-state index < -0.39 is 0 Å². The van der Waals surface area contributed by atoms with Crippen LogP contribution in [0.1, 0.15) is 50.6 Å². The maximum Gasteiger partial charge on any atom is 0.191 e. The average Bonchev–Trinajstić information content (AvgIpc) is 3.18. The summed E-state index contributed by atoms with van der Waals surface area (Å²) in [4.78, 5) is 7.00. The Balaban J connectivity index is 0.00000300. The highest BCUT2D eigenvalue weighted by atomic mass is 127. The fourth-order valence-electron chi connectivity index (χ4n) is 4.27. The molecule has 3 rings (SSSR count). The smallest absolute Gasteiger partial charge is 0.191 e. The molecule has 2 fully saturated rings. The van der Waals surface area contributed by atoms with Gasteiger partial charge in [0.25, 0.3) is 0 Å². The minimum absolute atomic E-state index is 0. The second-order valence-corrected chi connectivity index (χ2v) is 8.06. The summed E-state index contributed by atoms with van der Waals surface area (Å²) in [7, 11) is 3.58. The summed E-state index contributed by atoms with van der Waals surface area (Å²) in [5, 5.41) is 7.00. The van der Waals surface area contributed by atoms with Crippen molar-refractivity contribution in [2.45, 2.75) is 50.7 Å². The van der Waals surface area contributed by atoms with E-state index >= 15 is 0 Å². The van der Waals surface area contributed by atoms with Gasteiger partial charge in [-0.3, -0.25) is 9.89 Å². The van der Waals surface area contributed by atoms with Crippen LogP contribution in [-0.4, -0.2) is 63.4 Å². The van der Waals surface area contributed by atoms with Gasteiger partial charge in [0.15, 0.2) is 5.96 Å². The number of ether oxygens (including phenoxy) is 2. The summed E-state index contributed by atoms with van der Waals surface area (Å²) in [5.74, 6) is 1.78. The molecule has 29 heavy (non-hydrogen) atoms. The van der Waals surface area contributed by atoms with Crippen LogP contribution in [0.25, 0.3) is 0 Å². The van der Waals surface area contributed by atoms with Gasteiger partial charge in [-0.15, -0.1) is 24.0 Å². The predicted octanol–water partition coefficient (Wildman–Crippen LogP) is 3.57. The maximum absolute atomic E-state index is 5.89. The Morgan fingerprint density at radius 1 is 1.21 bits per heavy atom. The Hall–Kier alpha value is -1.06. The molecule has 0 radical (unpaired) electrons. The Bertz CT molecular complexity index is 643. The van der Waals surface area contributed by atoms with Crippen LogP contribution in [0, 0.1) is 0 Å². The molecule has 0 saturated carbocycles. The third kappa shape index (κ3) is 6.72. The molecule has 2 atom stereocenters. The number of nitrogens with zero attached hydrogens (tertiary/aromatic N) is 2. The Morgan fingerprint density at radius 3 is 2.62 bits per heavy atom. The Kier molecular flexibility index (Phi) is 9.98. The lowest BCUT2D eigenvalue weighted by Gasteiger charge is -2.36. The molecule has 2 unspecified atom stereocenters. The number of rotatable bonds is 7. The third-order valence-corrected chi connectivity index (χ3v) is 5.95. The van der Waals surface area contributed by atoms with Gasteiger partial charge in [-0.1, -0.05) is 24.6 Å². The van der Waals surface area contributed by atoms with Crippen LogP contribution in [0.5, 0.6) is 5.75 Å². The van der Waals surface area contributed by atoms with E-state index in [2.05, 4.69) is 45.6 Å². The second kappa shape index (κ2) is 12.0. The van der Waals surface area contributed by atoms with Crippen LogP contribution in [0.3, 0.4) is 0 Å². The van der Waals surface area contributed by atoms with E-state index in [1.54, 1.807) is 7.11 Å². The lowest BCUT2D eigenvalue weighted by molar-refractivity contribution is 0.0242. The topological polar surface area (TPSA) is 58.1 Å². The fourth-order valence-corrected chi connectivity index (χ4v) is 4.27. The summed E-state index contributed by atoms with van der Waals surface area (Å²) in [6.45, 7) is 6.85. The van der Waals surface area contributed by atoms with Gasteiger partial charge in [-0.05, 0) is 51.8 Å². The number of para-hydroxylation sites is 1. The number of piperidine rings is 1. The van der Waals surface area contributed by atoms with Gasteiger partial charge in [0, 0.05) is 32.3 Å². The van der Waals surface area contributed by atoms with Crippen LogP contribution in [0.2, 0.25) is 0 Å². The zero-order chi connectivity index (χ0) is 19.8. The van der Waals surface area contributed by atoms with Gasteiger partial charge < -0.3 is 20.1 Å². The van der Waals surface area contributed by atoms with Crippen molar-refractivity contribution in [1.82, 2.24) is 15.5 Å². The van der Waals surface area contributed by atoms with Gasteiger partial charge in [0.05, 0.1) is 18.8 Å². The van der Waals surface area contributed by atoms with E-state index in [1.807, 2.05) is 13.1 Å². The standard InChI is InChI=1S/C22H36N4O2.HI/c1-22(12-9-15-28-22)17-25-21(23-2)24-16-19(26-13-7-4-8-14-26)18-10-5-6-11-20(18)27-3;/h5-6,10-11,19H,4,7-9,12-17H2,1-3H3,(H2,23,24,25);1H. The molecule has 1 aromatic carbocycles. The molecule has 0 aromatic heterocycles. The van der Waals surface area contributed by atoms with Crippen LogP contribution in [0.4, 0.5) is 0 Å². The SMILES string of the molecule is CN=C(NCC(c1ccccc1OC)N1CCCCC1)NCC1(C)CCCO1.I. The van der Waals surface area contributed by atoms with E-state index in [4.69, 9.17) is 9.47 Å². The molecular weight excluding hydrogens is 479 g/mol. The van der Waals surface area contributed by atoms with E-state index in [1.165, 1.54) is 24.8 Å². The van der Waals surface area contributed by atoms with E-state index in [-0.39, 0.29) is 35.6 Å². The van der Waals surface area contributed by atoms with Gasteiger partial charge in [0.2, 0.25) is 0 Å². The van der Waals surface area contributed by atoms with Crippen molar-refractivity contribution < 1.29 is 9.47 Å². The quantitative estimate of drug-likeness (QED) is 0.330. The minimum Gasteiger partial charge on any atom is -0.496 e. The van der Waals surface area contributed by atoms with Crippen molar-refractivity contribution in [2.24, 2.45) is 4.99 Å². The first kappa shape index (κ1) is 24.2. The Morgan fingerprint density at radius 2 is 1.97 bits per heavy atom. The molecule has 164 valence electrons. The normalized spacial score (nSPS) is 23.9. The average molecular weight is 516 g/mol. The molecule has 0 bridgehead atoms. The lowest BCUT2D eigenvalue weighted by atomic mass is 10.0. The molecule has 2 aliphatic rings. The van der Waals surface area contributed by atoms with Crippen LogP contribution in [-0.2, 0) is 4.74 Å². The summed E-state index contributed by atoms with van der Waals surface area (Å²) >= 11 is 0. The molecule has 2 saturated heterocycles. The van der Waals surface area contributed by atoms with E-state index in [9.17, 15) is 0 Å². The number of likely N-dealkylation sites (tertiary alicyclic amines) is 1. The minimum atomic E-state index is -0.0907. The molecule has 7 heteroatoms. The molecule has 2 aliphatic heterocycles. The number of aliphatic imine (C=N–C) groups is 1. The first-order chi connectivity index (χ1) is 13.6. The number of halogens is 1. The zero-order valence-corrected chi connectivity index (χ0v) is 20.4. The highest BCUT2D eigenvalue weighted by molar-refractivity contribution is 14.0. The third-order valence-electron chi connectivity index (χ3n) is 5.95. The number of nitrogens with one attached hydrogen (secondary N) is 2. The predicted molar refractivity (Wildman–Crippen MR) is 130 cm³/mol. The Labute approximate surface area is 192 Å².